The monoisotopic (exact) mass is 284 g/mol. The fourth-order valence-electron chi connectivity index (χ4n) is 2.70. The Balaban J connectivity index is 2.96. The van der Waals surface area contributed by atoms with E-state index in [-0.39, 0.29) is 0 Å². The molecule has 20 heavy (non-hydrogen) atoms. The Morgan fingerprint density at radius 3 is 1.30 bits per heavy atom. The zero-order chi connectivity index (χ0) is 14.9. The number of rotatable bonds is 16. The van der Waals surface area contributed by atoms with Gasteiger partial charge in [-0.1, -0.05) is 84.0 Å². The average Bonchev–Trinajstić information content (AvgIpc) is 2.47. The van der Waals surface area contributed by atoms with Gasteiger partial charge in [0.25, 0.3) is 0 Å². The predicted octanol–water partition coefficient (Wildman–Crippen LogP) is 5.14. The van der Waals surface area contributed by atoms with Gasteiger partial charge in [0, 0.05) is 6.04 Å². The zero-order valence-electron chi connectivity index (χ0n) is 14.0. The molecule has 0 bridgehead atoms. The van der Waals surface area contributed by atoms with Crippen molar-refractivity contribution in [1.29, 1.82) is 0 Å². The van der Waals surface area contributed by atoms with Gasteiger partial charge in [-0.2, -0.15) is 0 Å². The van der Waals surface area contributed by atoms with E-state index < -0.39 is 0 Å². The summed E-state index contributed by atoms with van der Waals surface area (Å²) < 4.78 is 0. The zero-order valence-corrected chi connectivity index (χ0v) is 14.0. The van der Waals surface area contributed by atoms with Crippen molar-refractivity contribution in [3.63, 3.8) is 0 Å². The average molecular weight is 285 g/mol. The molecule has 0 saturated carbocycles. The number of nitrogens with two attached hydrogens (primary N) is 2. The highest BCUT2D eigenvalue weighted by Crippen LogP contribution is 2.13. The van der Waals surface area contributed by atoms with Crippen LogP contribution in [0.3, 0.4) is 0 Å². The van der Waals surface area contributed by atoms with Crippen LogP contribution in [0, 0.1) is 0 Å². The van der Waals surface area contributed by atoms with E-state index >= 15 is 0 Å². The van der Waals surface area contributed by atoms with Crippen molar-refractivity contribution in [2.75, 3.05) is 6.54 Å². The highest BCUT2D eigenvalue weighted by Gasteiger charge is 1.98. The van der Waals surface area contributed by atoms with Crippen LogP contribution in [0.15, 0.2) is 0 Å². The standard InChI is InChI=1S/C18H40N2/c1-2-18(20)16-14-12-10-8-6-4-3-5-7-9-11-13-15-17-19/h18H,2-17,19-20H2,1H3. The Labute approximate surface area is 128 Å². The Bertz CT molecular complexity index is 171. The van der Waals surface area contributed by atoms with Crippen LogP contribution < -0.4 is 11.5 Å². The highest BCUT2D eigenvalue weighted by atomic mass is 14.6. The fourth-order valence-corrected chi connectivity index (χ4v) is 2.70. The van der Waals surface area contributed by atoms with Gasteiger partial charge in [0.05, 0.1) is 0 Å². The second-order valence-electron chi connectivity index (χ2n) is 6.34. The van der Waals surface area contributed by atoms with Crippen LogP contribution in [-0.2, 0) is 0 Å². The minimum atomic E-state index is 0.444. The van der Waals surface area contributed by atoms with Crippen molar-refractivity contribution in [2.24, 2.45) is 11.5 Å². The first-order valence-electron chi connectivity index (χ1n) is 9.27. The molecule has 0 aliphatic carbocycles. The lowest BCUT2D eigenvalue weighted by atomic mass is 10.0. The molecule has 0 saturated heterocycles. The number of hydrogen-bond acceptors (Lipinski definition) is 2. The van der Waals surface area contributed by atoms with Gasteiger partial charge in [0.1, 0.15) is 0 Å². The minimum absolute atomic E-state index is 0.444. The van der Waals surface area contributed by atoms with E-state index in [2.05, 4.69) is 6.92 Å². The van der Waals surface area contributed by atoms with Gasteiger partial charge in [-0.05, 0) is 25.8 Å². The predicted molar refractivity (Wildman–Crippen MR) is 92.0 cm³/mol. The second-order valence-corrected chi connectivity index (χ2v) is 6.34. The lowest BCUT2D eigenvalue weighted by Gasteiger charge is -2.07. The first-order chi connectivity index (χ1) is 9.81. The maximum atomic E-state index is 5.91. The van der Waals surface area contributed by atoms with Crippen molar-refractivity contribution in [2.45, 2.75) is 109 Å². The Kier molecular flexibility index (Phi) is 16.9. The van der Waals surface area contributed by atoms with Crippen LogP contribution in [-0.4, -0.2) is 12.6 Å². The second kappa shape index (κ2) is 17.0. The maximum absolute atomic E-state index is 5.91. The molecule has 2 heteroatoms. The van der Waals surface area contributed by atoms with Gasteiger partial charge in [-0.15, -0.1) is 0 Å². The van der Waals surface area contributed by atoms with Gasteiger partial charge in [-0.25, -0.2) is 0 Å². The fraction of sp³-hybridized carbons (Fsp3) is 1.00. The molecule has 0 aromatic heterocycles. The first kappa shape index (κ1) is 19.9. The topological polar surface area (TPSA) is 52.0 Å². The minimum Gasteiger partial charge on any atom is -0.330 e. The van der Waals surface area contributed by atoms with E-state index in [1.807, 2.05) is 0 Å². The van der Waals surface area contributed by atoms with Crippen molar-refractivity contribution in [3.8, 4) is 0 Å². The van der Waals surface area contributed by atoms with Crippen LogP contribution in [0.5, 0.6) is 0 Å². The third kappa shape index (κ3) is 16.0. The molecule has 122 valence electrons. The van der Waals surface area contributed by atoms with E-state index in [1.54, 1.807) is 0 Å². The summed E-state index contributed by atoms with van der Waals surface area (Å²) in [7, 11) is 0. The van der Waals surface area contributed by atoms with Crippen molar-refractivity contribution in [1.82, 2.24) is 0 Å². The largest absolute Gasteiger partial charge is 0.330 e. The lowest BCUT2D eigenvalue weighted by Crippen LogP contribution is -2.17. The van der Waals surface area contributed by atoms with E-state index in [1.165, 1.54) is 89.9 Å². The Hall–Kier alpha value is -0.0800. The molecule has 0 rings (SSSR count). The van der Waals surface area contributed by atoms with Crippen molar-refractivity contribution < 1.29 is 0 Å². The lowest BCUT2D eigenvalue weighted by molar-refractivity contribution is 0.511. The van der Waals surface area contributed by atoms with Crippen molar-refractivity contribution >= 4 is 0 Å². The molecule has 1 unspecified atom stereocenters. The van der Waals surface area contributed by atoms with Crippen LogP contribution in [0.2, 0.25) is 0 Å². The molecule has 0 spiro atoms. The molecular weight excluding hydrogens is 244 g/mol. The molecule has 0 fully saturated rings. The maximum Gasteiger partial charge on any atom is 0.00362 e. The number of unbranched alkanes of at least 4 members (excludes halogenated alkanes) is 12. The normalized spacial score (nSPS) is 12.8. The molecule has 0 aromatic rings. The summed E-state index contributed by atoms with van der Waals surface area (Å²) in [6.07, 6.45) is 20.4. The van der Waals surface area contributed by atoms with Crippen LogP contribution in [0.1, 0.15) is 103 Å². The van der Waals surface area contributed by atoms with E-state index in [0.717, 1.165) is 13.0 Å². The summed E-state index contributed by atoms with van der Waals surface area (Å²) in [4.78, 5) is 0. The summed E-state index contributed by atoms with van der Waals surface area (Å²) in [6, 6.07) is 0.444. The first-order valence-corrected chi connectivity index (χ1v) is 9.27. The van der Waals surface area contributed by atoms with Gasteiger partial charge >= 0.3 is 0 Å². The summed E-state index contributed by atoms with van der Waals surface area (Å²) >= 11 is 0. The molecule has 0 heterocycles. The van der Waals surface area contributed by atoms with E-state index in [0.29, 0.717) is 6.04 Å². The van der Waals surface area contributed by atoms with Gasteiger partial charge in [0.15, 0.2) is 0 Å². The quantitative estimate of drug-likeness (QED) is 0.385. The Morgan fingerprint density at radius 1 is 0.600 bits per heavy atom. The summed E-state index contributed by atoms with van der Waals surface area (Å²) in [5.74, 6) is 0. The van der Waals surface area contributed by atoms with Crippen molar-refractivity contribution in [3.05, 3.63) is 0 Å². The summed E-state index contributed by atoms with van der Waals surface area (Å²) in [5, 5.41) is 0. The van der Waals surface area contributed by atoms with Crippen LogP contribution in [0.4, 0.5) is 0 Å². The molecular formula is C18H40N2. The van der Waals surface area contributed by atoms with Crippen LogP contribution >= 0.6 is 0 Å². The smallest absolute Gasteiger partial charge is 0.00362 e. The molecule has 0 aliphatic heterocycles. The summed E-state index contributed by atoms with van der Waals surface area (Å²) in [6.45, 7) is 3.05. The van der Waals surface area contributed by atoms with Crippen LogP contribution in [0.25, 0.3) is 0 Å². The van der Waals surface area contributed by atoms with E-state index in [9.17, 15) is 0 Å². The molecule has 1 atom stereocenters. The molecule has 0 amide bonds. The number of hydrogen-bond donors (Lipinski definition) is 2. The molecule has 2 nitrogen and oxygen atoms in total. The van der Waals surface area contributed by atoms with Gasteiger partial charge in [0.2, 0.25) is 0 Å². The molecule has 0 aromatic carbocycles. The van der Waals surface area contributed by atoms with E-state index in [4.69, 9.17) is 11.5 Å². The van der Waals surface area contributed by atoms with Gasteiger partial charge in [-0.3, -0.25) is 0 Å². The highest BCUT2D eigenvalue weighted by molar-refractivity contribution is 4.58. The van der Waals surface area contributed by atoms with Gasteiger partial charge < -0.3 is 11.5 Å². The SMILES string of the molecule is CCC(N)CCCCCCCCCCCCCCCN. The molecule has 0 radical (unpaired) electrons. The summed E-state index contributed by atoms with van der Waals surface area (Å²) in [5.41, 5.74) is 11.4. The third-order valence-corrected chi connectivity index (χ3v) is 4.30. The third-order valence-electron chi connectivity index (χ3n) is 4.30. The molecule has 4 N–H and O–H groups in total. The molecule has 0 aliphatic rings. The Morgan fingerprint density at radius 2 is 0.950 bits per heavy atom.